The summed E-state index contributed by atoms with van der Waals surface area (Å²) in [7, 11) is 0. The van der Waals surface area contributed by atoms with Crippen LogP contribution in [-0.2, 0) is 9.53 Å². The van der Waals surface area contributed by atoms with E-state index in [1.165, 1.54) is 32.1 Å². The zero-order valence-corrected chi connectivity index (χ0v) is 12.6. The minimum absolute atomic E-state index is 0.110. The van der Waals surface area contributed by atoms with Gasteiger partial charge in [0.1, 0.15) is 6.61 Å². The summed E-state index contributed by atoms with van der Waals surface area (Å²) in [5, 5.41) is 3.08. The van der Waals surface area contributed by atoms with Crippen molar-refractivity contribution in [2.24, 2.45) is 5.92 Å². The molecule has 0 spiro atoms. The Kier molecular flexibility index (Phi) is 4.63. The monoisotopic (exact) mass is 295 g/mol. The number of rotatable bonds is 4. The van der Waals surface area contributed by atoms with Crippen LogP contribution in [0.25, 0.3) is 0 Å². The first kappa shape index (κ1) is 14.6. The van der Waals surface area contributed by atoms with Gasteiger partial charge < -0.3 is 10.1 Å². The minimum Gasteiger partial charge on any atom is -0.447 e. The molecule has 6 heteroatoms. The highest BCUT2D eigenvalue weighted by Gasteiger charge is 2.37. The van der Waals surface area contributed by atoms with Gasteiger partial charge in [-0.3, -0.25) is 14.6 Å². The maximum atomic E-state index is 12.0. The van der Waals surface area contributed by atoms with Crippen LogP contribution < -0.4 is 5.32 Å². The van der Waals surface area contributed by atoms with Crippen molar-refractivity contribution in [2.75, 3.05) is 39.3 Å². The first-order chi connectivity index (χ1) is 10.2. The number of hydrogen-bond acceptors (Lipinski definition) is 4. The van der Waals surface area contributed by atoms with Crippen LogP contribution in [0.1, 0.15) is 32.1 Å². The molecule has 0 unspecified atom stereocenters. The molecule has 2 aliphatic heterocycles. The van der Waals surface area contributed by atoms with Gasteiger partial charge in [0, 0.05) is 26.2 Å². The number of nitrogens with one attached hydrogen (secondary N) is 1. The number of hydrogen-bond donors (Lipinski definition) is 1. The third kappa shape index (κ3) is 3.67. The Morgan fingerprint density at radius 3 is 2.86 bits per heavy atom. The fraction of sp³-hybridized carbons (Fsp3) is 0.867. The summed E-state index contributed by atoms with van der Waals surface area (Å²) < 4.78 is 5.04. The van der Waals surface area contributed by atoms with Crippen LogP contribution in [0.4, 0.5) is 4.79 Å². The van der Waals surface area contributed by atoms with Crippen molar-refractivity contribution in [1.29, 1.82) is 0 Å². The standard InChI is InChI=1S/C15H25N3O3/c19-14(16-8-12-4-2-1-3-5-12)10-17-6-7-18-13(9-17)11-21-15(18)20/h12-13H,1-11H2,(H,16,19)/t13-/m1/s1. The van der Waals surface area contributed by atoms with Gasteiger partial charge in [0.25, 0.3) is 0 Å². The highest BCUT2D eigenvalue weighted by Crippen LogP contribution is 2.22. The summed E-state index contributed by atoms with van der Waals surface area (Å²) in [5.74, 6) is 0.777. The molecular weight excluding hydrogens is 270 g/mol. The summed E-state index contributed by atoms with van der Waals surface area (Å²) in [6, 6.07) is 0.123. The van der Waals surface area contributed by atoms with Gasteiger partial charge in [-0.2, -0.15) is 0 Å². The van der Waals surface area contributed by atoms with Crippen molar-refractivity contribution in [3.05, 3.63) is 0 Å². The predicted octanol–water partition coefficient (Wildman–Crippen LogP) is 0.819. The minimum atomic E-state index is -0.207. The Bertz CT molecular complexity index is 396. The van der Waals surface area contributed by atoms with Crippen molar-refractivity contribution in [3.8, 4) is 0 Å². The Hall–Kier alpha value is -1.30. The number of piperazine rings is 1. The average molecular weight is 295 g/mol. The van der Waals surface area contributed by atoms with Crippen LogP contribution >= 0.6 is 0 Å². The molecule has 21 heavy (non-hydrogen) atoms. The van der Waals surface area contributed by atoms with Crippen LogP contribution in [0.5, 0.6) is 0 Å². The van der Waals surface area contributed by atoms with Crippen LogP contribution in [0.15, 0.2) is 0 Å². The van der Waals surface area contributed by atoms with Gasteiger partial charge in [-0.25, -0.2) is 4.79 Å². The van der Waals surface area contributed by atoms with E-state index in [4.69, 9.17) is 4.74 Å². The molecule has 0 aromatic heterocycles. The number of nitrogens with zero attached hydrogens (tertiary/aromatic N) is 2. The molecule has 1 aliphatic carbocycles. The van der Waals surface area contributed by atoms with Gasteiger partial charge >= 0.3 is 6.09 Å². The molecule has 6 nitrogen and oxygen atoms in total. The van der Waals surface area contributed by atoms with Crippen molar-refractivity contribution in [1.82, 2.24) is 15.1 Å². The van der Waals surface area contributed by atoms with E-state index in [-0.39, 0.29) is 18.0 Å². The van der Waals surface area contributed by atoms with E-state index in [2.05, 4.69) is 10.2 Å². The van der Waals surface area contributed by atoms with Gasteiger partial charge in [0.05, 0.1) is 12.6 Å². The summed E-state index contributed by atoms with van der Waals surface area (Å²) in [4.78, 5) is 27.4. The Morgan fingerprint density at radius 2 is 2.05 bits per heavy atom. The second-order valence-corrected chi connectivity index (χ2v) is 6.47. The lowest BCUT2D eigenvalue weighted by Crippen LogP contribution is -2.54. The highest BCUT2D eigenvalue weighted by molar-refractivity contribution is 5.78. The molecule has 0 bridgehead atoms. The summed E-state index contributed by atoms with van der Waals surface area (Å²) >= 11 is 0. The topological polar surface area (TPSA) is 61.9 Å². The Balaban J connectivity index is 1.38. The zero-order valence-electron chi connectivity index (χ0n) is 12.6. The molecule has 2 amide bonds. The van der Waals surface area contributed by atoms with E-state index in [1.54, 1.807) is 4.90 Å². The molecule has 0 aromatic rings. The molecular formula is C15H25N3O3. The first-order valence-corrected chi connectivity index (χ1v) is 8.15. The molecule has 3 aliphatic rings. The Labute approximate surface area is 125 Å². The van der Waals surface area contributed by atoms with Crippen molar-refractivity contribution >= 4 is 12.0 Å². The lowest BCUT2D eigenvalue weighted by molar-refractivity contribution is -0.123. The average Bonchev–Trinajstić information content (AvgIpc) is 2.87. The van der Waals surface area contributed by atoms with Crippen molar-refractivity contribution in [3.63, 3.8) is 0 Å². The van der Waals surface area contributed by atoms with Gasteiger partial charge in [-0.1, -0.05) is 19.3 Å². The predicted molar refractivity (Wildman–Crippen MR) is 77.9 cm³/mol. The molecule has 0 radical (unpaired) electrons. The molecule has 1 N–H and O–H groups in total. The smallest absolute Gasteiger partial charge is 0.410 e. The van der Waals surface area contributed by atoms with Crippen LogP contribution in [-0.4, -0.2) is 67.2 Å². The SMILES string of the molecule is O=C(CN1CCN2C(=O)OC[C@H]2C1)NCC1CCCCC1. The molecule has 3 rings (SSSR count). The summed E-state index contributed by atoms with van der Waals surface area (Å²) in [6.07, 6.45) is 6.25. The van der Waals surface area contributed by atoms with Gasteiger partial charge in [-0.15, -0.1) is 0 Å². The van der Waals surface area contributed by atoms with E-state index in [0.29, 0.717) is 25.6 Å². The summed E-state index contributed by atoms with van der Waals surface area (Å²) in [5.41, 5.74) is 0. The lowest BCUT2D eigenvalue weighted by atomic mass is 9.89. The highest BCUT2D eigenvalue weighted by atomic mass is 16.6. The third-order valence-corrected chi connectivity index (χ3v) is 4.88. The fourth-order valence-corrected chi connectivity index (χ4v) is 3.61. The maximum Gasteiger partial charge on any atom is 0.410 e. The maximum absolute atomic E-state index is 12.0. The summed E-state index contributed by atoms with van der Waals surface area (Å²) in [6.45, 7) is 3.87. The molecule has 2 heterocycles. The van der Waals surface area contributed by atoms with Gasteiger partial charge in [-0.05, 0) is 18.8 Å². The largest absolute Gasteiger partial charge is 0.447 e. The van der Waals surface area contributed by atoms with E-state index in [0.717, 1.165) is 19.6 Å². The molecule has 2 saturated heterocycles. The second-order valence-electron chi connectivity index (χ2n) is 6.47. The number of cyclic esters (lactones) is 1. The van der Waals surface area contributed by atoms with Crippen LogP contribution in [0.2, 0.25) is 0 Å². The number of ether oxygens (including phenoxy) is 1. The van der Waals surface area contributed by atoms with E-state index in [1.807, 2.05) is 0 Å². The Morgan fingerprint density at radius 1 is 1.24 bits per heavy atom. The molecule has 3 fully saturated rings. The number of carbonyl (C=O) groups excluding carboxylic acids is 2. The van der Waals surface area contributed by atoms with Crippen molar-refractivity contribution in [2.45, 2.75) is 38.1 Å². The molecule has 1 saturated carbocycles. The second kappa shape index (κ2) is 6.64. The van der Waals surface area contributed by atoms with Crippen LogP contribution in [0.3, 0.4) is 0 Å². The third-order valence-electron chi connectivity index (χ3n) is 4.88. The number of carbonyl (C=O) groups is 2. The molecule has 0 aromatic carbocycles. The van der Waals surface area contributed by atoms with Gasteiger partial charge in [0.2, 0.25) is 5.91 Å². The van der Waals surface area contributed by atoms with E-state index in [9.17, 15) is 9.59 Å². The molecule has 1 atom stereocenters. The van der Waals surface area contributed by atoms with E-state index >= 15 is 0 Å². The van der Waals surface area contributed by atoms with Crippen molar-refractivity contribution < 1.29 is 14.3 Å². The zero-order chi connectivity index (χ0) is 14.7. The fourth-order valence-electron chi connectivity index (χ4n) is 3.61. The number of fused-ring (bicyclic) bond motifs is 1. The first-order valence-electron chi connectivity index (χ1n) is 8.15. The van der Waals surface area contributed by atoms with Crippen LogP contribution in [0, 0.1) is 5.92 Å². The van der Waals surface area contributed by atoms with E-state index < -0.39 is 0 Å². The molecule has 118 valence electrons. The number of amides is 2. The lowest BCUT2D eigenvalue weighted by Gasteiger charge is -2.34. The van der Waals surface area contributed by atoms with Gasteiger partial charge in [0.15, 0.2) is 0 Å². The normalized spacial score (nSPS) is 27.3. The quantitative estimate of drug-likeness (QED) is 0.834.